The Balaban J connectivity index is 1.43. The summed E-state index contributed by atoms with van der Waals surface area (Å²) in [5, 5.41) is 3.31. The highest BCUT2D eigenvalue weighted by atomic mass is 16.5. The number of hydrogen-bond acceptors (Lipinski definition) is 7. The van der Waals surface area contributed by atoms with E-state index in [0.717, 1.165) is 22.8 Å². The minimum atomic E-state index is -0.0776. The fraction of sp³-hybridized carbons (Fsp3) is 0.286. The number of aryl methyl sites for hydroxylation is 1. The van der Waals surface area contributed by atoms with Gasteiger partial charge in [-0.2, -0.15) is 0 Å². The first-order valence-electron chi connectivity index (χ1n) is 9.45. The van der Waals surface area contributed by atoms with Crippen LogP contribution in [0, 0.1) is 6.92 Å². The molecule has 1 aliphatic heterocycles. The molecular weight excluding hydrogens is 370 g/mol. The number of hydrogen-bond donors (Lipinski definition) is 1. The van der Waals surface area contributed by atoms with E-state index >= 15 is 0 Å². The molecule has 0 radical (unpaired) electrons. The van der Waals surface area contributed by atoms with E-state index in [2.05, 4.69) is 20.2 Å². The van der Waals surface area contributed by atoms with Gasteiger partial charge in [0, 0.05) is 32.2 Å². The van der Waals surface area contributed by atoms with Crippen molar-refractivity contribution in [2.45, 2.75) is 6.92 Å². The second-order valence-electron chi connectivity index (χ2n) is 6.85. The number of carbonyl (C=O) groups is 1. The summed E-state index contributed by atoms with van der Waals surface area (Å²) in [5.41, 5.74) is 1.98. The Morgan fingerprint density at radius 2 is 1.97 bits per heavy atom. The van der Waals surface area contributed by atoms with Crippen molar-refractivity contribution >= 4 is 23.2 Å². The molecule has 0 aliphatic carbocycles. The van der Waals surface area contributed by atoms with Crippen LogP contribution >= 0.6 is 0 Å². The number of ether oxygens (including phenoxy) is 1. The smallest absolute Gasteiger partial charge is 0.289 e. The Bertz CT molecular complexity index is 982. The third kappa shape index (κ3) is 4.16. The summed E-state index contributed by atoms with van der Waals surface area (Å²) in [4.78, 5) is 25.1. The quantitative estimate of drug-likeness (QED) is 0.713. The van der Waals surface area contributed by atoms with Gasteiger partial charge in [-0.25, -0.2) is 9.97 Å². The van der Waals surface area contributed by atoms with Crippen LogP contribution in [0.1, 0.15) is 16.1 Å². The van der Waals surface area contributed by atoms with E-state index in [1.165, 1.54) is 6.26 Å². The van der Waals surface area contributed by atoms with Gasteiger partial charge in [-0.05, 0) is 36.8 Å². The van der Waals surface area contributed by atoms with Crippen molar-refractivity contribution in [3.63, 3.8) is 0 Å². The first-order valence-corrected chi connectivity index (χ1v) is 9.45. The summed E-state index contributed by atoms with van der Waals surface area (Å²) < 4.78 is 10.6. The van der Waals surface area contributed by atoms with Gasteiger partial charge in [0.15, 0.2) is 5.76 Å². The number of aromatic nitrogens is 2. The predicted molar refractivity (Wildman–Crippen MR) is 110 cm³/mol. The lowest BCUT2D eigenvalue weighted by Crippen LogP contribution is -2.49. The van der Waals surface area contributed by atoms with Gasteiger partial charge in [-0.1, -0.05) is 6.07 Å². The normalized spacial score (nSPS) is 14.0. The molecule has 8 heteroatoms. The van der Waals surface area contributed by atoms with Crippen molar-refractivity contribution in [1.29, 1.82) is 0 Å². The predicted octanol–water partition coefficient (Wildman–Crippen LogP) is 3.09. The molecule has 1 amide bonds. The zero-order valence-electron chi connectivity index (χ0n) is 16.5. The third-order valence-corrected chi connectivity index (χ3v) is 4.89. The van der Waals surface area contributed by atoms with E-state index in [4.69, 9.17) is 9.15 Å². The van der Waals surface area contributed by atoms with Gasteiger partial charge in [-0.15, -0.1) is 0 Å². The lowest BCUT2D eigenvalue weighted by Gasteiger charge is -2.35. The molecule has 3 heterocycles. The lowest BCUT2D eigenvalue weighted by atomic mass is 10.2. The fourth-order valence-electron chi connectivity index (χ4n) is 3.34. The topological polar surface area (TPSA) is 83.7 Å². The maximum atomic E-state index is 12.4. The van der Waals surface area contributed by atoms with Gasteiger partial charge in [0.05, 0.1) is 19.1 Å². The molecule has 1 saturated heterocycles. The average Bonchev–Trinajstić information content (AvgIpc) is 3.29. The third-order valence-electron chi connectivity index (χ3n) is 4.89. The molecule has 0 atom stereocenters. The first-order chi connectivity index (χ1) is 14.1. The maximum Gasteiger partial charge on any atom is 0.289 e. The molecule has 8 nitrogen and oxygen atoms in total. The Morgan fingerprint density at radius 3 is 2.69 bits per heavy atom. The number of nitrogens with zero attached hydrogens (tertiary/aromatic N) is 4. The summed E-state index contributed by atoms with van der Waals surface area (Å²) >= 11 is 0. The van der Waals surface area contributed by atoms with Crippen LogP contribution in [-0.2, 0) is 0 Å². The molecular formula is C21H23N5O3. The van der Waals surface area contributed by atoms with Crippen LogP contribution in [-0.4, -0.2) is 54.1 Å². The van der Waals surface area contributed by atoms with Crippen LogP contribution in [0.15, 0.2) is 53.4 Å². The van der Waals surface area contributed by atoms with Crippen LogP contribution in [0.4, 0.5) is 17.3 Å². The highest BCUT2D eigenvalue weighted by Gasteiger charge is 2.24. The number of piperazine rings is 1. The van der Waals surface area contributed by atoms with Crippen LogP contribution in [0.5, 0.6) is 5.75 Å². The molecule has 1 N–H and O–H groups in total. The van der Waals surface area contributed by atoms with Crippen LogP contribution in [0.2, 0.25) is 0 Å². The highest BCUT2D eigenvalue weighted by molar-refractivity contribution is 5.91. The van der Waals surface area contributed by atoms with Crippen molar-refractivity contribution in [1.82, 2.24) is 14.9 Å². The fourth-order valence-corrected chi connectivity index (χ4v) is 3.34. The molecule has 4 rings (SSSR count). The summed E-state index contributed by atoms with van der Waals surface area (Å²) in [6, 6.07) is 11.3. The average molecular weight is 393 g/mol. The maximum absolute atomic E-state index is 12.4. The Kier molecular flexibility index (Phi) is 5.33. The second-order valence-corrected chi connectivity index (χ2v) is 6.85. The van der Waals surface area contributed by atoms with Gasteiger partial charge in [0.25, 0.3) is 5.91 Å². The van der Waals surface area contributed by atoms with Gasteiger partial charge in [0.2, 0.25) is 0 Å². The van der Waals surface area contributed by atoms with E-state index in [0.29, 0.717) is 37.8 Å². The SMILES string of the molecule is COc1ccc(C)cc1Nc1cc(N2CCN(C(=O)c3ccco3)CC2)ncn1. The van der Waals surface area contributed by atoms with E-state index in [9.17, 15) is 4.79 Å². The van der Waals surface area contributed by atoms with Gasteiger partial charge >= 0.3 is 0 Å². The molecule has 0 spiro atoms. The minimum Gasteiger partial charge on any atom is -0.495 e. The molecule has 0 unspecified atom stereocenters. The second kappa shape index (κ2) is 8.22. The Morgan fingerprint density at radius 1 is 1.14 bits per heavy atom. The molecule has 150 valence electrons. The van der Waals surface area contributed by atoms with Crippen molar-refractivity contribution in [2.24, 2.45) is 0 Å². The molecule has 1 aliphatic rings. The van der Waals surface area contributed by atoms with E-state index in [1.54, 1.807) is 30.5 Å². The van der Waals surface area contributed by atoms with Crippen molar-refractivity contribution < 1.29 is 13.9 Å². The number of carbonyl (C=O) groups excluding carboxylic acids is 1. The Hall–Kier alpha value is -3.55. The molecule has 0 bridgehead atoms. The molecule has 29 heavy (non-hydrogen) atoms. The summed E-state index contributed by atoms with van der Waals surface area (Å²) in [5.74, 6) is 2.55. The van der Waals surface area contributed by atoms with Crippen LogP contribution in [0.25, 0.3) is 0 Å². The molecule has 2 aromatic heterocycles. The summed E-state index contributed by atoms with van der Waals surface area (Å²) in [7, 11) is 1.64. The number of rotatable bonds is 5. The summed E-state index contributed by atoms with van der Waals surface area (Å²) in [6.45, 7) is 4.63. The van der Waals surface area contributed by atoms with Crippen molar-refractivity contribution in [2.75, 3.05) is 43.5 Å². The van der Waals surface area contributed by atoms with Gasteiger partial charge < -0.3 is 24.3 Å². The van der Waals surface area contributed by atoms with Gasteiger partial charge in [-0.3, -0.25) is 4.79 Å². The number of methoxy groups -OCH3 is 1. The molecule has 0 saturated carbocycles. The highest BCUT2D eigenvalue weighted by Crippen LogP contribution is 2.28. The van der Waals surface area contributed by atoms with Crippen LogP contribution in [0.3, 0.4) is 0 Å². The molecule has 1 fully saturated rings. The molecule has 3 aromatic rings. The standard InChI is InChI=1S/C21H23N5O3/c1-15-5-6-17(28-2)16(12-15)24-19-13-20(23-14-22-19)25-7-9-26(10-8-25)21(27)18-4-3-11-29-18/h3-6,11-14H,7-10H2,1-2H3,(H,22,23,24). The number of furan rings is 1. The van der Waals surface area contributed by atoms with E-state index in [-0.39, 0.29) is 5.91 Å². The summed E-state index contributed by atoms with van der Waals surface area (Å²) in [6.07, 6.45) is 3.06. The minimum absolute atomic E-state index is 0.0776. The van der Waals surface area contributed by atoms with Gasteiger partial charge in [0.1, 0.15) is 23.7 Å². The van der Waals surface area contributed by atoms with Crippen LogP contribution < -0.4 is 15.0 Å². The lowest BCUT2D eigenvalue weighted by molar-refractivity contribution is 0.0714. The number of amides is 1. The van der Waals surface area contributed by atoms with Crippen molar-refractivity contribution in [3.8, 4) is 5.75 Å². The Labute approximate surface area is 169 Å². The number of anilines is 3. The monoisotopic (exact) mass is 393 g/mol. The van der Waals surface area contributed by atoms with E-state index < -0.39 is 0 Å². The van der Waals surface area contributed by atoms with Crippen molar-refractivity contribution in [3.05, 3.63) is 60.3 Å². The zero-order chi connectivity index (χ0) is 20.2. The number of nitrogens with one attached hydrogen (secondary N) is 1. The first kappa shape index (κ1) is 18.8. The van der Waals surface area contributed by atoms with E-state index in [1.807, 2.05) is 31.2 Å². The largest absolute Gasteiger partial charge is 0.495 e. The molecule has 1 aromatic carbocycles. The zero-order valence-corrected chi connectivity index (χ0v) is 16.5. The number of benzene rings is 1.